The first-order valence-electron chi connectivity index (χ1n) is 11.1. The van der Waals surface area contributed by atoms with Gasteiger partial charge in [0.05, 0.1) is 43.1 Å². The van der Waals surface area contributed by atoms with E-state index in [4.69, 9.17) is 4.74 Å². The van der Waals surface area contributed by atoms with Gasteiger partial charge in [-0.2, -0.15) is 18.3 Å². The monoisotopic (exact) mass is 510 g/mol. The first-order chi connectivity index (χ1) is 17.7. The van der Waals surface area contributed by atoms with Crippen molar-refractivity contribution >= 4 is 17.3 Å². The molecule has 3 aromatic heterocycles. The normalized spacial score (nSPS) is 11.6. The number of alkyl halides is 3. The molecule has 0 aliphatic rings. The number of nitrogens with zero attached hydrogens (tertiary/aromatic N) is 5. The van der Waals surface area contributed by atoms with Gasteiger partial charge in [0.1, 0.15) is 5.75 Å². The van der Waals surface area contributed by atoms with E-state index in [2.05, 4.69) is 20.4 Å². The van der Waals surface area contributed by atoms with Crippen LogP contribution in [0.2, 0.25) is 0 Å². The molecule has 0 aliphatic carbocycles. The lowest BCUT2D eigenvalue weighted by Crippen LogP contribution is -2.27. The molecule has 37 heavy (non-hydrogen) atoms. The van der Waals surface area contributed by atoms with E-state index >= 15 is 0 Å². The van der Waals surface area contributed by atoms with Crippen molar-refractivity contribution in [3.8, 4) is 22.7 Å². The third kappa shape index (κ3) is 4.85. The van der Waals surface area contributed by atoms with Crippen molar-refractivity contribution in [2.75, 3.05) is 12.6 Å². The van der Waals surface area contributed by atoms with Crippen molar-refractivity contribution in [3.05, 3.63) is 84.4 Å². The number of aryl methyl sites for hydroxylation is 1. The summed E-state index contributed by atoms with van der Waals surface area (Å²) in [5.41, 5.74) is 7.04. The van der Waals surface area contributed by atoms with Crippen molar-refractivity contribution < 1.29 is 27.5 Å². The lowest BCUT2D eigenvalue weighted by molar-refractivity contribution is -0.196. The van der Waals surface area contributed by atoms with E-state index < -0.39 is 12.1 Å². The van der Waals surface area contributed by atoms with Gasteiger partial charge in [-0.3, -0.25) is 9.36 Å². The van der Waals surface area contributed by atoms with Gasteiger partial charge in [-0.1, -0.05) is 18.2 Å². The van der Waals surface area contributed by atoms with Crippen LogP contribution in [-0.4, -0.2) is 43.2 Å². The Morgan fingerprint density at radius 2 is 1.86 bits per heavy atom. The Morgan fingerprint density at radius 3 is 2.59 bits per heavy atom. The summed E-state index contributed by atoms with van der Waals surface area (Å²) in [7, 11) is 1.62. The van der Waals surface area contributed by atoms with Gasteiger partial charge in [-0.05, 0) is 42.3 Å². The van der Waals surface area contributed by atoms with Crippen molar-refractivity contribution in [1.82, 2.24) is 24.0 Å². The molecule has 0 bridgehead atoms. The average molecular weight is 510 g/mol. The molecular weight excluding hydrogens is 489 g/mol. The first kappa shape index (κ1) is 24.0. The first-order valence-corrected chi connectivity index (χ1v) is 11.1. The van der Waals surface area contributed by atoms with Crippen LogP contribution in [0.1, 0.15) is 11.1 Å². The smallest absolute Gasteiger partial charge is 0.493 e. The van der Waals surface area contributed by atoms with E-state index in [0.717, 1.165) is 28.1 Å². The Labute approximate surface area is 208 Å². The molecule has 0 fully saturated rings. The standard InChI is InChI=1S/C25H21F3N6O3/c1-16-3-6-19(31-37-24(35)25(26,27)28)11-21(16)33-10-9-23-29-13-22(34(23)33)18-12-30-32(15-18)14-17-4-7-20(36-2)8-5-17/h3-13,15,31H,14H2,1-2H3. The van der Waals surface area contributed by atoms with Gasteiger partial charge in [0.25, 0.3) is 0 Å². The Hall–Kier alpha value is -4.74. The summed E-state index contributed by atoms with van der Waals surface area (Å²) in [6.07, 6.45) is 2.07. The van der Waals surface area contributed by atoms with E-state index in [1.54, 1.807) is 37.8 Å². The second kappa shape index (κ2) is 9.37. The van der Waals surface area contributed by atoms with E-state index in [-0.39, 0.29) is 5.69 Å². The molecule has 0 radical (unpaired) electrons. The third-order valence-electron chi connectivity index (χ3n) is 5.73. The minimum Gasteiger partial charge on any atom is -0.497 e. The molecule has 0 atom stereocenters. The van der Waals surface area contributed by atoms with Gasteiger partial charge in [-0.15, -0.1) is 0 Å². The number of fused-ring (bicyclic) bond motifs is 1. The van der Waals surface area contributed by atoms with Crippen LogP contribution in [0, 0.1) is 6.92 Å². The Morgan fingerprint density at radius 1 is 1.08 bits per heavy atom. The third-order valence-corrected chi connectivity index (χ3v) is 5.73. The lowest BCUT2D eigenvalue weighted by Gasteiger charge is -2.14. The van der Waals surface area contributed by atoms with Crippen LogP contribution >= 0.6 is 0 Å². The maximum Gasteiger partial charge on any atom is 0.493 e. The van der Waals surface area contributed by atoms with Crippen molar-refractivity contribution in [2.24, 2.45) is 0 Å². The van der Waals surface area contributed by atoms with E-state index in [1.807, 2.05) is 57.3 Å². The van der Waals surface area contributed by atoms with Gasteiger partial charge in [-0.25, -0.2) is 19.8 Å². The van der Waals surface area contributed by atoms with E-state index in [0.29, 0.717) is 17.9 Å². The van der Waals surface area contributed by atoms with Crippen LogP contribution in [0.15, 0.2) is 73.3 Å². The van der Waals surface area contributed by atoms with Gasteiger partial charge in [0.2, 0.25) is 0 Å². The number of hydrogen-bond acceptors (Lipinski definition) is 6. The molecule has 3 heterocycles. The van der Waals surface area contributed by atoms with Gasteiger partial charge >= 0.3 is 12.1 Å². The van der Waals surface area contributed by atoms with E-state index in [9.17, 15) is 18.0 Å². The maximum atomic E-state index is 12.5. The molecule has 0 aliphatic heterocycles. The number of nitrogens with one attached hydrogen (secondary N) is 1. The van der Waals surface area contributed by atoms with Crippen LogP contribution in [0.3, 0.4) is 0 Å². The highest BCUT2D eigenvalue weighted by atomic mass is 19.4. The summed E-state index contributed by atoms with van der Waals surface area (Å²) in [5.74, 6) is -1.55. The number of methoxy groups -OCH3 is 1. The largest absolute Gasteiger partial charge is 0.497 e. The minimum absolute atomic E-state index is 0.175. The Bertz CT molecular complexity index is 1570. The summed E-state index contributed by atoms with van der Waals surface area (Å²) in [4.78, 5) is 19.7. The molecule has 2 aromatic carbocycles. The number of ether oxygens (including phenoxy) is 1. The molecule has 9 nitrogen and oxygen atoms in total. The second-order valence-electron chi connectivity index (χ2n) is 8.24. The van der Waals surface area contributed by atoms with Crippen molar-refractivity contribution in [3.63, 3.8) is 0 Å². The SMILES string of the molecule is COc1ccc(Cn2cc(-c3cnc4ccn(-c5cc(NOC(=O)C(F)(F)F)ccc5C)n34)cn2)cc1. The number of halogens is 3. The minimum atomic E-state index is -5.10. The maximum absolute atomic E-state index is 12.5. The molecule has 5 aromatic rings. The molecular formula is C25H21F3N6O3. The number of carbonyl (C=O) groups is 1. The van der Waals surface area contributed by atoms with Gasteiger partial charge < -0.3 is 9.57 Å². The molecule has 190 valence electrons. The predicted octanol–water partition coefficient (Wildman–Crippen LogP) is 4.79. The summed E-state index contributed by atoms with van der Waals surface area (Å²) in [6, 6.07) is 14.3. The molecule has 5 rings (SSSR count). The number of benzene rings is 2. The highest BCUT2D eigenvalue weighted by Crippen LogP contribution is 2.26. The molecule has 0 saturated heterocycles. The summed E-state index contributed by atoms with van der Waals surface area (Å²) < 4.78 is 48.1. The molecule has 1 N–H and O–H groups in total. The number of imidazole rings is 1. The Kier molecular flexibility index (Phi) is 6.07. The van der Waals surface area contributed by atoms with Crippen LogP contribution in [-0.2, 0) is 16.2 Å². The topological polar surface area (TPSA) is 87.6 Å². The number of rotatable bonds is 7. The summed E-state index contributed by atoms with van der Waals surface area (Å²) >= 11 is 0. The predicted molar refractivity (Wildman–Crippen MR) is 128 cm³/mol. The lowest BCUT2D eigenvalue weighted by atomic mass is 10.2. The zero-order chi connectivity index (χ0) is 26.2. The fourth-order valence-corrected chi connectivity index (χ4v) is 3.87. The van der Waals surface area contributed by atoms with Gasteiger partial charge in [0.15, 0.2) is 5.65 Å². The van der Waals surface area contributed by atoms with E-state index in [1.165, 1.54) is 6.07 Å². The summed E-state index contributed by atoms with van der Waals surface area (Å²) in [5, 5.41) is 4.48. The Balaban J connectivity index is 1.43. The summed E-state index contributed by atoms with van der Waals surface area (Å²) in [6.45, 7) is 2.42. The molecule has 0 amide bonds. The number of carbonyl (C=O) groups excluding carboxylic acids is 1. The number of hydrogen-bond donors (Lipinski definition) is 1. The molecule has 0 unspecified atom stereocenters. The quantitative estimate of drug-likeness (QED) is 0.317. The number of aromatic nitrogens is 5. The van der Waals surface area contributed by atoms with Crippen LogP contribution in [0.25, 0.3) is 22.6 Å². The zero-order valence-corrected chi connectivity index (χ0v) is 19.7. The molecule has 12 heteroatoms. The molecule has 0 spiro atoms. The van der Waals surface area contributed by atoms with Crippen molar-refractivity contribution in [1.29, 1.82) is 0 Å². The average Bonchev–Trinajstić information content (AvgIpc) is 3.60. The fourth-order valence-electron chi connectivity index (χ4n) is 3.87. The van der Waals surface area contributed by atoms with Gasteiger partial charge in [0, 0.05) is 24.0 Å². The second-order valence-corrected chi connectivity index (χ2v) is 8.24. The zero-order valence-electron chi connectivity index (χ0n) is 19.7. The number of anilines is 1. The fraction of sp³-hybridized carbons (Fsp3) is 0.160. The van der Waals surface area contributed by atoms with Crippen LogP contribution in [0.5, 0.6) is 5.75 Å². The van der Waals surface area contributed by atoms with Crippen LogP contribution < -0.4 is 10.2 Å². The highest BCUT2D eigenvalue weighted by molar-refractivity contribution is 5.76. The highest BCUT2D eigenvalue weighted by Gasteiger charge is 2.41. The molecule has 0 saturated carbocycles. The van der Waals surface area contributed by atoms with Crippen LogP contribution in [0.4, 0.5) is 18.9 Å². The van der Waals surface area contributed by atoms with Crippen molar-refractivity contribution in [2.45, 2.75) is 19.6 Å².